The van der Waals surface area contributed by atoms with Crippen molar-refractivity contribution in [1.82, 2.24) is 19.6 Å². The van der Waals surface area contributed by atoms with Crippen LogP contribution < -0.4 is 15.7 Å². The maximum atomic E-state index is 13.8. The minimum atomic E-state index is -0.368. The summed E-state index contributed by atoms with van der Waals surface area (Å²) in [6.45, 7) is 1.46. The zero-order valence-electron chi connectivity index (χ0n) is 19.9. The third-order valence-electron chi connectivity index (χ3n) is 6.69. The van der Waals surface area contributed by atoms with E-state index in [1.54, 1.807) is 35.9 Å². The van der Waals surface area contributed by atoms with Crippen molar-refractivity contribution < 1.29 is 14.3 Å². The number of hydrazine groups is 1. The number of hydrogen-bond donors (Lipinski definition) is 1. The number of carbonyl (C=O) groups excluding carboxylic acids is 2. The smallest absolute Gasteiger partial charge is 0.286 e. The fourth-order valence-corrected chi connectivity index (χ4v) is 5.00. The van der Waals surface area contributed by atoms with E-state index >= 15 is 0 Å². The number of Topliss-reactive ketones (excluding diaryl/α,β-unsaturated/α-hetero) is 1. The van der Waals surface area contributed by atoms with Crippen LogP contribution in [-0.4, -0.2) is 46.0 Å². The van der Waals surface area contributed by atoms with E-state index in [1.807, 2.05) is 35.3 Å². The molecule has 1 aliphatic heterocycles. The zero-order chi connectivity index (χ0) is 24.5. The average Bonchev–Trinajstić information content (AvgIpc) is 3.20. The molecule has 0 unspecified atom stereocenters. The first-order chi connectivity index (χ1) is 17.0. The molecule has 0 aliphatic carbocycles. The number of carbonyl (C=O) groups is 2. The predicted octanol–water partition coefficient (Wildman–Crippen LogP) is 3.52. The number of nitrogens with zero attached hydrogens (tertiary/aromatic N) is 3. The monoisotopic (exact) mass is 472 g/mol. The van der Waals surface area contributed by atoms with Gasteiger partial charge in [0.25, 0.3) is 11.5 Å². The number of ketones is 1. The third-order valence-corrected chi connectivity index (χ3v) is 6.69. The van der Waals surface area contributed by atoms with Crippen LogP contribution in [0.25, 0.3) is 21.8 Å². The lowest BCUT2D eigenvalue weighted by atomic mass is 10.1. The Kier molecular flexibility index (Phi) is 6.13. The molecule has 0 atom stereocenters. The number of ether oxygens (including phenoxy) is 1. The van der Waals surface area contributed by atoms with E-state index in [1.165, 1.54) is 11.7 Å². The topological polar surface area (TPSA) is 85.6 Å². The highest BCUT2D eigenvalue weighted by Gasteiger charge is 2.28. The largest absolute Gasteiger partial charge is 0.493 e. The summed E-state index contributed by atoms with van der Waals surface area (Å²) in [5.74, 6) is -0.276. The Morgan fingerprint density at radius 2 is 1.66 bits per heavy atom. The van der Waals surface area contributed by atoms with Gasteiger partial charge in [-0.1, -0.05) is 55.0 Å². The summed E-state index contributed by atoms with van der Waals surface area (Å²) in [6.07, 6.45) is 3.20. The molecule has 2 aromatic carbocycles. The van der Waals surface area contributed by atoms with Crippen molar-refractivity contribution >= 4 is 33.5 Å². The first-order valence-electron chi connectivity index (χ1n) is 11.8. The van der Waals surface area contributed by atoms with Gasteiger partial charge in [-0.05, 0) is 18.9 Å². The van der Waals surface area contributed by atoms with E-state index in [-0.39, 0.29) is 35.2 Å². The average molecular weight is 473 g/mol. The number of para-hydroxylation sites is 1. The summed E-state index contributed by atoms with van der Waals surface area (Å²) < 4.78 is 8.86. The Balaban J connectivity index is 1.69. The maximum Gasteiger partial charge on any atom is 0.286 e. The number of hydrogen-bond acceptors (Lipinski definition) is 5. The first-order valence-corrected chi connectivity index (χ1v) is 11.8. The highest BCUT2D eigenvalue weighted by Crippen LogP contribution is 2.34. The highest BCUT2D eigenvalue weighted by atomic mass is 16.5. The number of nitrogens with one attached hydrogen (secondary N) is 1. The second-order valence-electron chi connectivity index (χ2n) is 8.85. The molecule has 1 aliphatic rings. The van der Waals surface area contributed by atoms with Gasteiger partial charge in [0.2, 0.25) is 0 Å². The van der Waals surface area contributed by atoms with Gasteiger partial charge in [0.15, 0.2) is 17.2 Å². The molecule has 4 aromatic rings. The minimum Gasteiger partial charge on any atom is -0.493 e. The molecule has 0 spiro atoms. The molecule has 1 amide bonds. The van der Waals surface area contributed by atoms with Crippen LogP contribution in [0.4, 0.5) is 0 Å². The number of fused-ring (bicyclic) bond motifs is 3. The van der Waals surface area contributed by atoms with Gasteiger partial charge >= 0.3 is 0 Å². The van der Waals surface area contributed by atoms with Crippen LogP contribution in [-0.2, 0) is 13.6 Å². The molecule has 1 N–H and O–H groups in total. The number of benzene rings is 2. The summed E-state index contributed by atoms with van der Waals surface area (Å²) in [6, 6.07) is 16.3. The van der Waals surface area contributed by atoms with E-state index in [4.69, 9.17) is 4.74 Å². The second-order valence-corrected chi connectivity index (χ2v) is 8.85. The van der Waals surface area contributed by atoms with E-state index in [2.05, 4.69) is 5.43 Å². The van der Waals surface area contributed by atoms with Crippen molar-refractivity contribution in [3.63, 3.8) is 0 Å². The lowest BCUT2D eigenvalue weighted by molar-refractivity contribution is 0.0738. The fraction of sp³-hybridized carbons (Fsp3) is 0.296. The Morgan fingerprint density at radius 3 is 2.37 bits per heavy atom. The van der Waals surface area contributed by atoms with Gasteiger partial charge < -0.3 is 9.30 Å². The number of rotatable bonds is 6. The first kappa shape index (κ1) is 22.9. The Labute approximate surface area is 202 Å². The van der Waals surface area contributed by atoms with Gasteiger partial charge in [-0.3, -0.25) is 24.4 Å². The normalized spacial score (nSPS) is 14.3. The van der Waals surface area contributed by atoms with Crippen LogP contribution >= 0.6 is 0 Å². The molecule has 180 valence electrons. The van der Waals surface area contributed by atoms with E-state index in [9.17, 15) is 14.4 Å². The minimum absolute atomic E-state index is 0.118. The number of methoxy groups -OCH3 is 1. The molecule has 35 heavy (non-hydrogen) atoms. The lowest BCUT2D eigenvalue weighted by Gasteiger charge is -2.26. The molecule has 1 fully saturated rings. The Morgan fingerprint density at radius 1 is 0.971 bits per heavy atom. The Hall–Kier alpha value is -3.91. The van der Waals surface area contributed by atoms with Crippen molar-refractivity contribution in [2.75, 3.05) is 20.2 Å². The standard InChI is InChI=1S/C27H28N4O4/c1-29-23-19-13-7-8-14-20(19)31(17-21(32)18-11-5-3-6-12-18)27(34)22(23)25(35-2)24(29)26(33)28-30-15-9-4-10-16-30/h3,5-8,11-14H,4,9-10,15-17H2,1-2H3,(H,28,33). The van der Waals surface area contributed by atoms with Crippen molar-refractivity contribution in [3.8, 4) is 5.75 Å². The number of amides is 1. The van der Waals surface area contributed by atoms with Crippen LogP contribution in [0.3, 0.4) is 0 Å². The number of aryl methyl sites for hydroxylation is 1. The quantitative estimate of drug-likeness (QED) is 0.434. The van der Waals surface area contributed by atoms with Gasteiger partial charge in [0, 0.05) is 31.1 Å². The molecule has 2 aromatic heterocycles. The summed E-state index contributed by atoms with van der Waals surface area (Å²) in [4.78, 5) is 40.2. The molecule has 0 radical (unpaired) electrons. The molecule has 1 saturated heterocycles. The summed E-state index contributed by atoms with van der Waals surface area (Å²) in [5.41, 5.74) is 4.65. The van der Waals surface area contributed by atoms with Crippen molar-refractivity contribution in [1.29, 1.82) is 0 Å². The second kappa shape index (κ2) is 9.38. The lowest BCUT2D eigenvalue weighted by Crippen LogP contribution is -2.45. The molecular weight excluding hydrogens is 444 g/mol. The van der Waals surface area contributed by atoms with Crippen molar-refractivity contribution in [3.05, 3.63) is 76.2 Å². The molecule has 0 bridgehead atoms. The zero-order valence-corrected chi connectivity index (χ0v) is 19.9. The number of aromatic nitrogens is 2. The molecule has 8 heteroatoms. The van der Waals surface area contributed by atoms with Crippen LogP contribution in [0.2, 0.25) is 0 Å². The number of piperidine rings is 1. The van der Waals surface area contributed by atoms with Crippen LogP contribution in [0.15, 0.2) is 59.4 Å². The summed E-state index contributed by atoms with van der Waals surface area (Å²) >= 11 is 0. The predicted molar refractivity (Wildman–Crippen MR) is 135 cm³/mol. The SMILES string of the molecule is COc1c(C(=O)NN2CCCCC2)n(C)c2c1c(=O)n(CC(=O)c1ccccc1)c1ccccc21. The fourth-order valence-electron chi connectivity index (χ4n) is 5.00. The maximum absolute atomic E-state index is 13.8. The van der Waals surface area contributed by atoms with Gasteiger partial charge in [-0.25, -0.2) is 5.01 Å². The van der Waals surface area contributed by atoms with Crippen molar-refractivity contribution in [2.45, 2.75) is 25.8 Å². The van der Waals surface area contributed by atoms with E-state index in [0.29, 0.717) is 22.0 Å². The molecule has 8 nitrogen and oxygen atoms in total. The molecule has 5 rings (SSSR count). The molecule has 0 saturated carbocycles. The third kappa shape index (κ3) is 4.00. The van der Waals surface area contributed by atoms with Gasteiger partial charge in [-0.2, -0.15) is 0 Å². The van der Waals surface area contributed by atoms with E-state index in [0.717, 1.165) is 37.7 Å². The highest BCUT2D eigenvalue weighted by molar-refractivity contribution is 6.12. The molecular formula is C27H28N4O4. The Bertz CT molecular complexity index is 1480. The van der Waals surface area contributed by atoms with Gasteiger partial charge in [0.1, 0.15) is 5.39 Å². The van der Waals surface area contributed by atoms with Crippen LogP contribution in [0, 0.1) is 0 Å². The van der Waals surface area contributed by atoms with Gasteiger partial charge in [-0.15, -0.1) is 0 Å². The van der Waals surface area contributed by atoms with Crippen molar-refractivity contribution in [2.24, 2.45) is 7.05 Å². The summed E-state index contributed by atoms with van der Waals surface area (Å²) in [7, 11) is 3.22. The van der Waals surface area contributed by atoms with Crippen LogP contribution in [0.5, 0.6) is 5.75 Å². The van der Waals surface area contributed by atoms with E-state index < -0.39 is 0 Å². The van der Waals surface area contributed by atoms with Gasteiger partial charge in [0.05, 0.1) is 24.7 Å². The number of pyridine rings is 1. The summed E-state index contributed by atoms with van der Waals surface area (Å²) in [5, 5.41) is 2.97. The van der Waals surface area contributed by atoms with Crippen LogP contribution in [0.1, 0.15) is 40.1 Å². The molecule has 3 heterocycles.